The first kappa shape index (κ1) is 23.9. The van der Waals surface area contributed by atoms with E-state index in [9.17, 15) is 9.90 Å². The number of carbonyl (C=O) groups is 1. The molecule has 0 bridgehead atoms. The lowest BCUT2D eigenvalue weighted by molar-refractivity contribution is -0.164. The second-order valence-corrected chi connectivity index (χ2v) is 11.9. The Morgan fingerprint density at radius 1 is 1.12 bits per heavy atom. The summed E-state index contributed by atoms with van der Waals surface area (Å²) in [6.07, 6.45) is 11.0. The Morgan fingerprint density at radius 2 is 1.88 bits per heavy atom. The molecule has 32 heavy (non-hydrogen) atoms. The first-order valence-electron chi connectivity index (χ1n) is 12.7. The van der Waals surface area contributed by atoms with Crippen LogP contribution in [0.15, 0.2) is 5.10 Å². The molecule has 0 amide bonds. The van der Waals surface area contributed by atoms with Gasteiger partial charge >= 0.3 is 0 Å². The fourth-order valence-electron chi connectivity index (χ4n) is 8.65. The fraction of sp³-hybridized carbons (Fsp3) is 0.885. The van der Waals surface area contributed by atoms with Crippen molar-refractivity contribution in [3.8, 4) is 0 Å². The van der Waals surface area contributed by atoms with Gasteiger partial charge in [-0.25, -0.2) is 0 Å². The van der Waals surface area contributed by atoms with Crippen LogP contribution in [0.1, 0.15) is 78.6 Å². The predicted octanol–water partition coefficient (Wildman–Crippen LogP) is 4.21. The number of ketones is 1. The molecule has 0 spiro atoms. The summed E-state index contributed by atoms with van der Waals surface area (Å²) >= 11 is 0. The first-order chi connectivity index (χ1) is 15.2. The van der Waals surface area contributed by atoms with E-state index in [1.54, 1.807) is 14.0 Å². The number of nitrogens with zero attached hydrogens (tertiary/aromatic N) is 1. The van der Waals surface area contributed by atoms with Crippen molar-refractivity contribution in [2.24, 2.45) is 45.5 Å². The summed E-state index contributed by atoms with van der Waals surface area (Å²) in [5.41, 5.74) is 3.25. The lowest BCUT2D eigenvalue weighted by atomic mass is 9.44. The van der Waals surface area contributed by atoms with E-state index in [0.717, 1.165) is 38.0 Å². The highest BCUT2D eigenvalue weighted by Crippen LogP contribution is 2.68. The zero-order chi connectivity index (χ0) is 23.1. The van der Waals surface area contributed by atoms with Gasteiger partial charge in [-0.1, -0.05) is 13.8 Å². The van der Waals surface area contributed by atoms with E-state index in [4.69, 9.17) is 10.1 Å². The van der Waals surface area contributed by atoms with Crippen LogP contribution in [-0.4, -0.2) is 48.7 Å². The molecule has 0 heterocycles. The maximum absolute atomic E-state index is 13.1. The number of ether oxygens (including phenoxy) is 1. The molecule has 6 nitrogen and oxygen atoms in total. The smallest absolute Gasteiger partial charge is 0.157 e. The lowest BCUT2D eigenvalue weighted by Gasteiger charge is -2.62. The van der Waals surface area contributed by atoms with Crippen molar-refractivity contribution in [3.63, 3.8) is 0 Å². The highest BCUT2D eigenvalue weighted by atomic mass is 16.5. The average Bonchev–Trinajstić information content (AvgIpc) is 3.11. The van der Waals surface area contributed by atoms with Crippen molar-refractivity contribution in [2.45, 2.75) is 84.2 Å². The van der Waals surface area contributed by atoms with Gasteiger partial charge in [-0.15, -0.1) is 0 Å². The van der Waals surface area contributed by atoms with Gasteiger partial charge in [-0.05, 0) is 99.2 Å². The number of methoxy groups -OCH3 is 1. The maximum Gasteiger partial charge on any atom is 0.157 e. The van der Waals surface area contributed by atoms with Gasteiger partial charge in [0.25, 0.3) is 0 Å². The van der Waals surface area contributed by atoms with Gasteiger partial charge in [-0.2, -0.15) is 5.10 Å². The third-order valence-corrected chi connectivity index (χ3v) is 10.3. The number of hydrogen-bond acceptors (Lipinski definition) is 6. The third-order valence-electron chi connectivity index (χ3n) is 10.3. The number of rotatable bonds is 7. The second-order valence-electron chi connectivity index (χ2n) is 11.9. The minimum Gasteiger partial charge on any atom is -0.387 e. The van der Waals surface area contributed by atoms with E-state index >= 15 is 0 Å². The normalized spacial score (nSPS) is 46.0. The Labute approximate surface area is 193 Å². The Morgan fingerprint density at radius 3 is 2.59 bits per heavy atom. The van der Waals surface area contributed by atoms with Crippen molar-refractivity contribution < 1.29 is 14.6 Å². The Kier molecular flexibility index (Phi) is 6.58. The number of hydrogen-bond donors (Lipinski definition) is 3. The number of carbonyl (C=O) groups excluding carboxylic acids is 1. The van der Waals surface area contributed by atoms with E-state index in [1.165, 1.54) is 31.9 Å². The molecule has 0 unspecified atom stereocenters. The molecule has 8 atom stereocenters. The van der Waals surface area contributed by atoms with Crippen LogP contribution in [-0.2, 0) is 9.53 Å². The summed E-state index contributed by atoms with van der Waals surface area (Å²) < 4.78 is 5.35. The van der Waals surface area contributed by atoms with Gasteiger partial charge in [-0.3, -0.25) is 4.79 Å². The van der Waals surface area contributed by atoms with Gasteiger partial charge in [0.2, 0.25) is 0 Å². The number of Topliss-reactive ketones (excluding diaryl/α,β-unsaturated/α-hetero) is 1. The summed E-state index contributed by atoms with van der Waals surface area (Å²) in [5.74, 6) is 3.07. The molecule has 0 saturated heterocycles. The van der Waals surface area contributed by atoms with Crippen molar-refractivity contribution in [3.05, 3.63) is 0 Å². The van der Waals surface area contributed by atoms with E-state index in [2.05, 4.69) is 24.4 Å². The van der Waals surface area contributed by atoms with Crippen LogP contribution in [0.25, 0.3) is 0 Å². The molecule has 4 aliphatic carbocycles. The zero-order valence-corrected chi connectivity index (χ0v) is 20.5. The summed E-state index contributed by atoms with van der Waals surface area (Å²) in [4.78, 5) is 13.1. The predicted molar refractivity (Wildman–Crippen MR) is 127 cm³/mol. The molecular weight excluding hydrogens is 402 g/mol. The lowest BCUT2D eigenvalue weighted by Crippen LogP contribution is -2.57. The number of aliphatic hydroxyl groups is 1. The topological polar surface area (TPSA) is 94.8 Å². The van der Waals surface area contributed by atoms with E-state index in [1.807, 2.05) is 0 Å². The Bertz CT molecular complexity index is 769. The van der Waals surface area contributed by atoms with Crippen LogP contribution < -0.4 is 5.43 Å². The molecule has 0 aromatic carbocycles. The van der Waals surface area contributed by atoms with Crippen LogP contribution in [0.3, 0.4) is 0 Å². The maximum atomic E-state index is 13.1. The Balaban J connectivity index is 1.46. The molecular formula is C26H43N3O3. The third kappa shape index (κ3) is 3.96. The average molecular weight is 446 g/mol. The highest BCUT2D eigenvalue weighted by molar-refractivity contribution is 6.28. The zero-order valence-electron chi connectivity index (χ0n) is 20.5. The molecule has 0 aromatic heterocycles. The van der Waals surface area contributed by atoms with Crippen molar-refractivity contribution in [1.82, 2.24) is 5.43 Å². The molecule has 4 fully saturated rings. The SMILES string of the molecule is COC[C@@]1(O)CC[C@@]2(C)[C@@H](CC[C@@H]3[C@@H]2CC[C@]2(C)[C@@H](C(=O)CN/N=C(/C)C=N)CC[C@@H]32)C1. The quantitative estimate of drug-likeness (QED) is 0.404. The molecule has 0 radical (unpaired) electrons. The van der Waals surface area contributed by atoms with Crippen LogP contribution in [0.4, 0.5) is 0 Å². The molecule has 6 heteroatoms. The number of hydrazone groups is 1. The van der Waals surface area contributed by atoms with Gasteiger partial charge in [0.1, 0.15) is 0 Å². The molecule has 3 N–H and O–H groups in total. The standard InChI is InChI=1S/C26H43N3O3/c1-17(14-27)29-28-15-23(30)22-8-7-20-19-6-5-18-13-26(31,16-32-4)12-11-24(18,2)21(19)9-10-25(20,22)3/h14,18-22,27-28,31H,5-13,15-16H2,1-4H3/b27-14?,29-17-/t18-,19-,20-,21-,22+,24-,25-,26+/m0/s1. The number of nitrogens with one attached hydrogen (secondary N) is 2. The fourth-order valence-corrected chi connectivity index (χ4v) is 8.65. The first-order valence-corrected chi connectivity index (χ1v) is 12.7. The van der Waals surface area contributed by atoms with Crippen LogP contribution in [0.5, 0.6) is 0 Å². The van der Waals surface area contributed by atoms with Gasteiger partial charge in [0, 0.05) is 19.2 Å². The van der Waals surface area contributed by atoms with Gasteiger partial charge in [0.15, 0.2) is 5.78 Å². The van der Waals surface area contributed by atoms with Crippen molar-refractivity contribution >= 4 is 17.7 Å². The van der Waals surface area contributed by atoms with Gasteiger partial charge < -0.3 is 20.7 Å². The van der Waals surface area contributed by atoms with E-state index in [-0.39, 0.29) is 23.7 Å². The molecule has 180 valence electrons. The molecule has 0 aromatic rings. The molecule has 0 aliphatic heterocycles. The van der Waals surface area contributed by atoms with Crippen LogP contribution >= 0.6 is 0 Å². The minimum absolute atomic E-state index is 0.106. The molecule has 4 saturated carbocycles. The molecule has 4 rings (SSSR count). The summed E-state index contributed by atoms with van der Waals surface area (Å²) in [7, 11) is 1.69. The summed E-state index contributed by atoms with van der Waals surface area (Å²) in [6, 6.07) is 0. The minimum atomic E-state index is -0.647. The van der Waals surface area contributed by atoms with E-state index in [0.29, 0.717) is 35.5 Å². The summed E-state index contributed by atoms with van der Waals surface area (Å²) in [5, 5.41) is 22.4. The highest BCUT2D eigenvalue weighted by Gasteiger charge is 2.62. The monoisotopic (exact) mass is 445 g/mol. The van der Waals surface area contributed by atoms with Crippen LogP contribution in [0.2, 0.25) is 0 Å². The van der Waals surface area contributed by atoms with Crippen LogP contribution in [0, 0.1) is 45.8 Å². The van der Waals surface area contributed by atoms with E-state index < -0.39 is 5.60 Å². The second kappa shape index (κ2) is 8.83. The largest absolute Gasteiger partial charge is 0.387 e. The molecule has 4 aliphatic rings. The van der Waals surface area contributed by atoms with Crippen molar-refractivity contribution in [2.75, 3.05) is 20.3 Å². The number of fused-ring (bicyclic) bond motifs is 5. The van der Waals surface area contributed by atoms with Crippen molar-refractivity contribution in [1.29, 1.82) is 5.41 Å². The summed E-state index contributed by atoms with van der Waals surface area (Å²) in [6.45, 7) is 7.38. The Hall–Kier alpha value is -1.27. The van der Waals surface area contributed by atoms with Gasteiger partial charge in [0.05, 0.1) is 24.5 Å².